The fourth-order valence-corrected chi connectivity index (χ4v) is 2.17. The molecule has 2 heterocycles. The molecule has 0 radical (unpaired) electrons. The van der Waals surface area contributed by atoms with Crippen LogP contribution in [0.4, 0.5) is 0 Å². The van der Waals surface area contributed by atoms with Gasteiger partial charge in [0.2, 0.25) is 5.91 Å². The second-order valence-electron chi connectivity index (χ2n) is 4.40. The Morgan fingerprint density at radius 1 is 1.76 bits per heavy atom. The number of rotatable bonds is 3. The van der Waals surface area contributed by atoms with E-state index in [-0.39, 0.29) is 11.9 Å². The van der Waals surface area contributed by atoms with Crippen molar-refractivity contribution in [2.45, 2.75) is 25.4 Å². The molecule has 6 heteroatoms. The average Bonchev–Trinajstić information content (AvgIpc) is 2.93. The van der Waals surface area contributed by atoms with E-state index in [9.17, 15) is 4.79 Å². The summed E-state index contributed by atoms with van der Waals surface area (Å²) >= 11 is 5.90. The zero-order valence-corrected chi connectivity index (χ0v) is 10.9. The lowest BCUT2D eigenvalue weighted by Crippen LogP contribution is -2.41. The zero-order chi connectivity index (χ0) is 12.4. The van der Waals surface area contributed by atoms with E-state index >= 15 is 0 Å². The molecule has 0 spiro atoms. The molecular weight excluding hydrogens is 240 g/mol. The lowest BCUT2D eigenvalue weighted by Gasteiger charge is -2.20. The molecule has 94 valence electrons. The highest BCUT2D eigenvalue weighted by Crippen LogP contribution is 2.13. The van der Waals surface area contributed by atoms with Crippen molar-refractivity contribution >= 4 is 17.5 Å². The Morgan fingerprint density at radius 3 is 3.06 bits per heavy atom. The Hall–Kier alpha value is -1.07. The lowest BCUT2D eigenvalue weighted by atomic mass is 10.2. The number of amides is 1. The number of nitrogens with one attached hydrogen (secondary N) is 1. The van der Waals surface area contributed by atoms with Crippen LogP contribution < -0.4 is 5.32 Å². The van der Waals surface area contributed by atoms with Crippen molar-refractivity contribution in [1.82, 2.24) is 19.8 Å². The van der Waals surface area contributed by atoms with Crippen molar-refractivity contribution in [3.8, 4) is 0 Å². The summed E-state index contributed by atoms with van der Waals surface area (Å²) in [6.45, 7) is 1.42. The van der Waals surface area contributed by atoms with Gasteiger partial charge >= 0.3 is 0 Å². The average molecular weight is 257 g/mol. The van der Waals surface area contributed by atoms with Crippen LogP contribution in [0.15, 0.2) is 6.20 Å². The summed E-state index contributed by atoms with van der Waals surface area (Å²) in [6.07, 6.45) is 3.59. The van der Waals surface area contributed by atoms with Crippen LogP contribution >= 0.6 is 11.6 Å². The highest BCUT2D eigenvalue weighted by molar-refractivity contribution is 6.29. The summed E-state index contributed by atoms with van der Waals surface area (Å²) in [5, 5.41) is 3.78. The maximum atomic E-state index is 12.1. The first-order valence-electron chi connectivity index (χ1n) is 5.74. The topological polar surface area (TPSA) is 50.2 Å². The molecule has 1 saturated heterocycles. The van der Waals surface area contributed by atoms with E-state index in [1.807, 2.05) is 7.05 Å². The molecule has 1 atom stereocenters. The molecule has 1 unspecified atom stereocenters. The van der Waals surface area contributed by atoms with Crippen LogP contribution in [0, 0.1) is 0 Å². The Kier molecular flexibility index (Phi) is 3.69. The normalized spacial score (nSPS) is 19.6. The number of carbonyl (C=O) groups is 1. The first-order chi connectivity index (χ1) is 8.09. The fraction of sp³-hybridized carbons (Fsp3) is 0.636. The minimum Gasteiger partial charge on any atom is -0.337 e. The third kappa shape index (κ3) is 2.61. The van der Waals surface area contributed by atoms with Crippen molar-refractivity contribution in [3.05, 3.63) is 17.2 Å². The molecule has 1 aromatic heterocycles. The van der Waals surface area contributed by atoms with Gasteiger partial charge in [-0.15, -0.1) is 0 Å². The molecule has 1 fully saturated rings. The number of nitrogens with zero attached hydrogens (tertiary/aromatic N) is 3. The fourth-order valence-electron chi connectivity index (χ4n) is 2.02. The lowest BCUT2D eigenvalue weighted by molar-refractivity contribution is -0.132. The third-order valence-electron chi connectivity index (χ3n) is 3.14. The van der Waals surface area contributed by atoms with E-state index in [1.54, 1.807) is 22.7 Å². The molecule has 5 nitrogen and oxygen atoms in total. The third-order valence-corrected chi connectivity index (χ3v) is 3.49. The van der Waals surface area contributed by atoms with Crippen LogP contribution in [0.3, 0.4) is 0 Å². The molecule has 0 aliphatic carbocycles. The Morgan fingerprint density at radius 2 is 2.53 bits per heavy atom. The quantitative estimate of drug-likeness (QED) is 0.870. The smallest absolute Gasteiger partial charge is 0.239 e. The first kappa shape index (κ1) is 12.4. The van der Waals surface area contributed by atoms with Gasteiger partial charge in [-0.05, 0) is 19.4 Å². The zero-order valence-electron chi connectivity index (χ0n) is 10.1. The molecule has 1 N–H and O–H groups in total. The summed E-state index contributed by atoms with van der Waals surface area (Å²) in [7, 11) is 3.64. The standard InChI is InChI=1S/C11H17ClN4O/c1-15(11(17)8-4-3-5-13-8)7-10-14-6-9(12)16(10)2/h6,8,13H,3-5,7H2,1-2H3. The molecule has 1 aliphatic rings. The summed E-state index contributed by atoms with van der Waals surface area (Å²) in [5.74, 6) is 0.922. The largest absolute Gasteiger partial charge is 0.337 e. The van der Waals surface area contributed by atoms with Crippen LogP contribution in [-0.2, 0) is 18.4 Å². The van der Waals surface area contributed by atoms with Gasteiger partial charge in [0.25, 0.3) is 0 Å². The molecule has 1 aliphatic heterocycles. The van der Waals surface area contributed by atoms with Gasteiger partial charge in [-0.1, -0.05) is 11.6 Å². The van der Waals surface area contributed by atoms with Gasteiger partial charge in [-0.3, -0.25) is 4.79 Å². The second-order valence-corrected chi connectivity index (χ2v) is 4.79. The molecule has 17 heavy (non-hydrogen) atoms. The van der Waals surface area contributed by atoms with E-state index in [4.69, 9.17) is 11.6 Å². The van der Waals surface area contributed by atoms with E-state index in [1.165, 1.54) is 0 Å². The van der Waals surface area contributed by atoms with E-state index in [0.717, 1.165) is 25.2 Å². The van der Waals surface area contributed by atoms with Crippen molar-refractivity contribution in [3.63, 3.8) is 0 Å². The van der Waals surface area contributed by atoms with Gasteiger partial charge in [0.05, 0.1) is 18.8 Å². The van der Waals surface area contributed by atoms with Gasteiger partial charge in [-0.2, -0.15) is 0 Å². The van der Waals surface area contributed by atoms with Crippen molar-refractivity contribution in [2.75, 3.05) is 13.6 Å². The summed E-state index contributed by atoms with van der Waals surface area (Å²) in [6, 6.07) is -0.0317. The molecule has 0 bridgehead atoms. The molecular formula is C11H17ClN4O. The summed E-state index contributed by atoms with van der Waals surface area (Å²) in [5.41, 5.74) is 0. The number of hydrogen-bond acceptors (Lipinski definition) is 3. The number of aromatic nitrogens is 2. The Labute approximate surface area is 106 Å². The number of halogens is 1. The van der Waals surface area contributed by atoms with Gasteiger partial charge in [-0.25, -0.2) is 4.98 Å². The summed E-state index contributed by atoms with van der Waals surface area (Å²) in [4.78, 5) is 17.9. The van der Waals surface area contributed by atoms with Crippen LogP contribution in [-0.4, -0.2) is 40.0 Å². The maximum absolute atomic E-state index is 12.1. The minimum absolute atomic E-state index is 0.0317. The molecule has 1 aromatic rings. The number of likely N-dealkylation sites (N-methyl/N-ethyl adjacent to an activating group) is 1. The molecule has 0 aromatic carbocycles. The predicted octanol–water partition coefficient (Wildman–Crippen LogP) is 0.784. The second kappa shape index (κ2) is 5.06. The van der Waals surface area contributed by atoms with Crippen LogP contribution in [0.5, 0.6) is 0 Å². The Bertz CT molecular complexity index is 412. The van der Waals surface area contributed by atoms with E-state index in [2.05, 4.69) is 10.3 Å². The van der Waals surface area contributed by atoms with Crippen LogP contribution in [0.1, 0.15) is 18.7 Å². The Balaban J connectivity index is 1.98. The van der Waals surface area contributed by atoms with Gasteiger partial charge in [0.15, 0.2) is 0 Å². The van der Waals surface area contributed by atoms with Gasteiger partial charge in [0, 0.05) is 14.1 Å². The minimum atomic E-state index is -0.0317. The van der Waals surface area contributed by atoms with Crippen molar-refractivity contribution in [2.24, 2.45) is 7.05 Å². The number of carbonyl (C=O) groups excluding carboxylic acids is 1. The van der Waals surface area contributed by atoms with Crippen LogP contribution in [0.2, 0.25) is 5.15 Å². The summed E-state index contributed by atoms with van der Waals surface area (Å²) < 4.78 is 1.79. The van der Waals surface area contributed by atoms with E-state index in [0.29, 0.717) is 11.7 Å². The van der Waals surface area contributed by atoms with Gasteiger partial charge < -0.3 is 14.8 Å². The molecule has 2 rings (SSSR count). The SMILES string of the molecule is CN(Cc1ncc(Cl)n1C)C(=O)C1CCCN1. The molecule has 1 amide bonds. The predicted molar refractivity (Wildman–Crippen MR) is 65.7 cm³/mol. The maximum Gasteiger partial charge on any atom is 0.239 e. The number of imidazole rings is 1. The highest BCUT2D eigenvalue weighted by Gasteiger charge is 2.25. The monoisotopic (exact) mass is 256 g/mol. The number of hydrogen-bond donors (Lipinski definition) is 1. The van der Waals surface area contributed by atoms with Crippen molar-refractivity contribution < 1.29 is 4.79 Å². The van der Waals surface area contributed by atoms with Gasteiger partial charge in [0.1, 0.15) is 11.0 Å². The van der Waals surface area contributed by atoms with E-state index < -0.39 is 0 Å². The van der Waals surface area contributed by atoms with Crippen LogP contribution in [0.25, 0.3) is 0 Å². The first-order valence-corrected chi connectivity index (χ1v) is 6.12. The highest BCUT2D eigenvalue weighted by atomic mass is 35.5. The van der Waals surface area contributed by atoms with Crippen molar-refractivity contribution in [1.29, 1.82) is 0 Å². The molecule has 0 saturated carbocycles.